The van der Waals surface area contributed by atoms with Crippen molar-refractivity contribution in [1.29, 1.82) is 0 Å². The van der Waals surface area contributed by atoms with Crippen LogP contribution in [0.4, 0.5) is 0 Å². The first-order valence-corrected chi connectivity index (χ1v) is 12.2. The summed E-state index contributed by atoms with van der Waals surface area (Å²) < 4.78 is 6.84. The lowest BCUT2D eigenvalue weighted by atomic mass is 9.90. The highest BCUT2D eigenvalue weighted by Gasteiger charge is 2.22. The monoisotopic (exact) mass is 458 g/mol. The quantitative estimate of drug-likeness (QED) is 0.301. The molecule has 1 saturated carbocycles. The van der Waals surface area contributed by atoms with Crippen LogP contribution >= 0.6 is 11.3 Å². The van der Waals surface area contributed by atoms with Crippen molar-refractivity contribution in [2.75, 3.05) is 6.61 Å². The molecule has 0 bridgehead atoms. The molecule has 1 aromatic heterocycles. The van der Waals surface area contributed by atoms with Crippen LogP contribution in [0.1, 0.15) is 48.0 Å². The molecule has 0 unspecified atom stereocenters. The summed E-state index contributed by atoms with van der Waals surface area (Å²) in [6, 6.07) is 19.3. The number of carbonyl (C=O) groups excluding carboxylic acids is 1. The fourth-order valence-corrected chi connectivity index (χ4v) is 5.78. The van der Waals surface area contributed by atoms with Gasteiger partial charge in [0.05, 0.1) is 6.61 Å². The maximum absolute atomic E-state index is 13.6. The molecular formula is C28H26O4S. The number of benzene rings is 3. The third-order valence-electron chi connectivity index (χ3n) is 6.36. The van der Waals surface area contributed by atoms with Crippen LogP contribution in [0.25, 0.3) is 20.5 Å². The Kier molecular flexibility index (Phi) is 6.05. The van der Waals surface area contributed by atoms with Gasteiger partial charge < -0.3 is 14.9 Å². The first-order valence-electron chi connectivity index (χ1n) is 11.4. The van der Waals surface area contributed by atoms with Gasteiger partial charge in [-0.2, -0.15) is 0 Å². The molecule has 0 aliphatic heterocycles. The molecule has 0 radical (unpaired) electrons. The normalized spacial score (nSPS) is 14.4. The topological polar surface area (TPSA) is 66.8 Å². The van der Waals surface area contributed by atoms with Crippen LogP contribution in [-0.2, 0) is 0 Å². The van der Waals surface area contributed by atoms with Crippen LogP contribution in [0, 0.1) is 5.92 Å². The van der Waals surface area contributed by atoms with E-state index in [0.29, 0.717) is 17.0 Å². The van der Waals surface area contributed by atoms with Crippen molar-refractivity contribution in [3.63, 3.8) is 0 Å². The van der Waals surface area contributed by atoms with E-state index in [1.807, 2.05) is 24.3 Å². The molecule has 2 N–H and O–H groups in total. The second-order valence-corrected chi connectivity index (χ2v) is 9.75. The van der Waals surface area contributed by atoms with Gasteiger partial charge in [0.15, 0.2) is 5.78 Å². The SMILES string of the molecule is O=C(c1ccc(OCC2CCCCC2)cc1)c1c(-c2ccc(O)cc2)sc2cc(O)ccc12. The van der Waals surface area contributed by atoms with Gasteiger partial charge in [-0.1, -0.05) is 19.3 Å². The van der Waals surface area contributed by atoms with Gasteiger partial charge in [-0.15, -0.1) is 11.3 Å². The molecule has 4 aromatic rings. The molecule has 168 valence electrons. The number of thiophene rings is 1. The Hall–Kier alpha value is -3.31. The summed E-state index contributed by atoms with van der Waals surface area (Å²) in [6.07, 6.45) is 6.37. The molecule has 33 heavy (non-hydrogen) atoms. The molecule has 1 heterocycles. The highest BCUT2D eigenvalue weighted by Crippen LogP contribution is 2.41. The van der Waals surface area contributed by atoms with Gasteiger partial charge in [0.2, 0.25) is 0 Å². The molecule has 1 aliphatic carbocycles. The van der Waals surface area contributed by atoms with Crippen LogP contribution in [0.3, 0.4) is 0 Å². The minimum Gasteiger partial charge on any atom is -0.508 e. The number of rotatable bonds is 6. The number of carbonyl (C=O) groups is 1. The number of phenols is 2. The van der Waals surface area contributed by atoms with E-state index in [-0.39, 0.29) is 17.3 Å². The van der Waals surface area contributed by atoms with E-state index in [1.54, 1.807) is 42.5 Å². The van der Waals surface area contributed by atoms with Gasteiger partial charge in [-0.3, -0.25) is 4.79 Å². The fourth-order valence-electron chi connectivity index (χ4n) is 4.54. The smallest absolute Gasteiger partial charge is 0.195 e. The van der Waals surface area contributed by atoms with Crippen LogP contribution in [0.2, 0.25) is 0 Å². The van der Waals surface area contributed by atoms with Crippen molar-refractivity contribution >= 4 is 27.2 Å². The van der Waals surface area contributed by atoms with Gasteiger partial charge in [0.25, 0.3) is 0 Å². The van der Waals surface area contributed by atoms with Crippen LogP contribution < -0.4 is 4.74 Å². The lowest BCUT2D eigenvalue weighted by molar-refractivity contribution is 0.104. The van der Waals surface area contributed by atoms with Crippen molar-refractivity contribution in [2.24, 2.45) is 5.92 Å². The third-order valence-corrected chi connectivity index (χ3v) is 7.56. The molecule has 0 saturated heterocycles. The number of ether oxygens (including phenoxy) is 1. The van der Waals surface area contributed by atoms with Crippen molar-refractivity contribution < 1.29 is 19.7 Å². The molecule has 5 rings (SSSR count). The largest absolute Gasteiger partial charge is 0.508 e. The first kappa shape index (κ1) is 21.5. The fraction of sp³-hybridized carbons (Fsp3) is 0.250. The Morgan fingerprint density at radius 3 is 2.30 bits per heavy atom. The second kappa shape index (κ2) is 9.28. The van der Waals surface area contributed by atoms with Crippen LogP contribution in [0.15, 0.2) is 66.7 Å². The van der Waals surface area contributed by atoms with Crippen molar-refractivity contribution in [1.82, 2.24) is 0 Å². The molecule has 1 aliphatic rings. The predicted molar refractivity (Wildman–Crippen MR) is 133 cm³/mol. The Bertz CT molecular complexity index is 1270. The minimum atomic E-state index is -0.0751. The molecule has 0 spiro atoms. The average Bonchev–Trinajstić information content (AvgIpc) is 3.22. The van der Waals surface area contributed by atoms with Crippen molar-refractivity contribution in [3.05, 3.63) is 77.9 Å². The molecular weight excluding hydrogens is 432 g/mol. The van der Waals surface area contributed by atoms with Crippen molar-refractivity contribution in [2.45, 2.75) is 32.1 Å². The van der Waals surface area contributed by atoms with E-state index in [2.05, 4.69) is 0 Å². The maximum atomic E-state index is 13.6. The van der Waals surface area contributed by atoms with Gasteiger partial charge in [-0.05, 0) is 91.1 Å². The van der Waals surface area contributed by atoms with Crippen LogP contribution in [0.5, 0.6) is 17.2 Å². The van der Waals surface area contributed by atoms with Gasteiger partial charge in [-0.25, -0.2) is 0 Å². The number of ketones is 1. The van der Waals surface area contributed by atoms with E-state index in [4.69, 9.17) is 4.74 Å². The number of hydrogen-bond acceptors (Lipinski definition) is 5. The second-order valence-electron chi connectivity index (χ2n) is 8.70. The number of hydrogen-bond donors (Lipinski definition) is 2. The summed E-state index contributed by atoms with van der Waals surface area (Å²) in [5, 5.41) is 20.4. The highest BCUT2D eigenvalue weighted by molar-refractivity contribution is 7.22. The number of fused-ring (bicyclic) bond motifs is 1. The zero-order valence-corrected chi connectivity index (χ0v) is 19.1. The van der Waals surface area contributed by atoms with E-state index < -0.39 is 0 Å². The summed E-state index contributed by atoms with van der Waals surface area (Å²) in [5.74, 6) is 1.68. The average molecular weight is 459 g/mol. The van der Waals surface area contributed by atoms with Gasteiger partial charge in [0.1, 0.15) is 17.2 Å². The standard InChI is InChI=1S/C28H26O4S/c29-21-10-6-20(7-11-21)28-26(24-15-12-22(30)16-25(24)33-28)27(31)19-8-13-23(14-9-19)32-17-18-4-2-1-3-5-18/h6-16,18,29-30H,1-5,17H2. The number of aromatic hydroxyl groups is 2. The van der Waals surface area contributed by atoms with Crippen molar-refractivity contribution in [3.8, 4) is 27.7 Å². The first-order chi connectivity index (χ1) is 16.1. The van der Waals surface area contributed by atoms with Gasteiger partial charge in [0, 0.05) is 26.1 Å². The van der Waals surface area contributed by atoms with Crippen LogP contribution in [-0.4, -0.2) is 22.6 Å². The highest BCUT2D eigenvalue weighted by atomic mass is 32.1. The Morgan fingerprint density at radius 2 is 1.58 bits per heavy atom. The van der Waals surface area contributed by atoms with E-state index in [1.165, 1.54) is 43.4 Å². The third kappa shape index (κ3) is 4.60. The summed E-state index contributed by atoms with van der Waals surface area (Å²) >= 11 is 1.46. The minimum absolute atomic E-state index is 0.0751. The molecule has 0 atom stereocenters. The van der Waals surface area contributed by atoms with E-state index in [9.17, 15) is 15.0 Å². The molecule has 0 amide bonds. The summed E-state index contributed by atoms with van der Waals surface area (Å²) in [5.41, 5.74) is 2.05. The lowest BCUT2D eigenvalue weighted by Gasteiger charge is -2.21. The maximum Gasteiger partial charge on any atom is 0.195 e. The van der Waals surface area contributed by atoms with E-state index >= 15 is 0 Å². The molecule has 5 heteroatoms. The summed E-state index contributed by atoms with van der Waals surface area (Å²) in [4.78, 5) is 14.5. The lowest BCUT2D eigenvalue weighted by Crippen LogP contribution is -2.15. The molecule has 4 nitrogen and oxygen atoms in total. The molecule has 3 aromatic carbocycles. The van der Waals surface area contributed by atoms with E-state index in [0.717, 1.165) is 32.9 Å². The summed E-state index contributed by atoms with van der Waals surface area (Å²) in [7, 11) is 0. The zero-order valence-electron chi connectivity index (χ0n) is 18.3. The Labute approximate surface area is 197 Å². The number of phenolic OH excluding ortho intramolecular Hbond substituents is 2. The summed E-state index contributed by atoms with van der Waals surface area (Å²) in [6.45, 7) is 0.733. The zero-order chi connectivity index (χ0) is 22.8. The van der Waals surface area contributed by atoms with Gasteiger partial charge >= 0.3 is 0 Å². The Balaban J connectivity index is 1.45. The molecule has 1 fully saturated rings. The predicted octanol–water partition coefficient (Wildman–Crippen LogP) is 7.17. The Morgan fingerprint density at radius 1 is 0.879 bits per heavy atom.